The fourth-order valence-corrected chi connectivity index (χ4v) is 3.04. The average molecular weight is 315 g/mol. The first-order valence-electron chi connectivity index (χ1n) is 6.37. The lowest BCUT2D eigenvalue weighted by molar-refractivity contribution is 0.249. The zero-order valence-corrected chi connectivity index (χ0v) is 12.6. The maximum absolute atomic E-state index is 13.2. The molecule has 4 heteroatoms. The van der Waals surface area contributed by atoms with Crippen LogP contribution in [-0.2, 0) is 5.33 Å². The molecule has 1 aliphatic heterocycles. The average Bonchev–Trinajstić information content (AvgIpc) is 2.38. The molecule has 0 spiro atoms. The largest absolute Gasteiger partial charge is 0.371 e. The molecular formula is C14H20BrFN2. The van der Waals surface area contributed by atoms with Gasteiger partial charge in [-0.15, -0.1) is 0 Å². The van der Waals surface area contributed by atoms with Crippen molar-refractivity contribution in [1.82, 2.24) is 4.90 Å². The topological polar surface area (TPSA) is 6.48 Å². The van der Waals surface area contributed by atoms with E-state index in [9.17, 15) is 4.39 Å². The second-order valence-electron chi connectivity index (χ2n) is 5.09. The molecule has 1 aromatic rings. The van der Waals surface area contributed by atoms with Crippen LogP contribution >= 0.6 is 15.9 Å². The summed E-state index contributed by atoms with van der Waals surface area (Å²) in [6.45, 7) is 2.10. The number of piperidine rings is 1. The molecule has 0 radical (unpaired) electrons. The Morgan fingerprint density at radius 1 is 1.33 bits per heavy atom. The second-order valence-corrected chi connectivity index (χ2v) is 5.65. The molecule has 0 unspecified atom stereocenters. The number of anilines is 1. The minimum absolute atomic E-state index is 0.156. The molecule has 1 fully saturated rings. The molecule has 1 aromatic carbocycles. The highest BCUT2D eigenvalue weighted by Crippen LogP contribution is 2.27. The first-order chi connectivity index (χ1) is 8.61. The van der Waals surface area contributed by atoms with Crippen molar-refractivity contribution >= 4 is 21.6 Å². The lowest BCUT2D eigenvalue weighted by Crippen LogP contribution is -2.42. The molecular weight excluding hydrogens is 295 g/mol. The summed E-state index contributed by atoms with van der Waals surface area (Å²) in [6.07, 6.45) is 2.35. The van der Waals surface area contributed by atoms with Crippen LogP contribution < -0.4 is 4.90 Å². The van der Waals surface area contributed by atoms with Gasteiger partial charge in [-0.1, -0.05) is 15.9 Å². The third-order valence-electron chi connectivity index (χ3n) is 3.72. The van der Waals surface area contributed by atoms with Gasteiger partial charge in [0.2, 0.25) is 0 Å². The van der Waals surface area contributed by atoms with Crippen LogP contribution in [0.4, 0.5) is 10.1 Å². The Kier molecular flexibility index (Phi) is 4.62. The lowest BCUT2D eigenvalue weighted by atomic mass is 10.0. The van der Waals surface area contributed by atoms with E-state index in [-0.39, 0.29) is 5.82 Å². The van der Waals surface area contributed by atoms with Crippen molar-refractivity contribution in [2.24, 2.45) is 0 Å². The van der Waals surface area contributed by atoms with E-state index in [2.05, 4.69) is 39.8 Å². The van der Waals surface area contributed by atoms with Gasteiger partial charge in [-0.2, -0.15) is 0 Å². The first-order valence-corrected chi connectivity index (χ1v) is 7.49. The van der Waals surface area contributed by atoms with Crippen LogP contribution in [0.2, 0.25) is 0 Å². The van der Waals surface area contributed by atoms with E-state index in [0.29, 0.717) is 11.4 Å². The number of alkyl halides is 1. The molecule has 1 aliphatic rings. The molecule has 2 nitrogen and oxygen atoms in total. The number of hydrogen-bond acceptors (Lipinski definition) is 2. The Bertz CT molecular complexity index is 401. The second kappa shape index (κ2) is 6.02. The zero-order chi connectivity index (χ0) is 13.1. The molecule has 0 bridgehead atoms. The van der Waals surface area contributed by atoms with E-state index in [1.165, 1.54) is 18.5 Å². The Morgan fingerprint density at radius 3 is 2.56 bits per heavy atom. The number of rotatable bonds is 3. The summed E-state index contributed by atoms with van der Waals surface area (Å²) in [5.74, 6) is -0.156. The molecule has 2 rings (SSSR count). The number of benzene rings is 1. The van der Waals surface area contributed by atoms with Crippen LogP contribution in [0.1, 0.15) is 18.4 Å². The van der Waals surface area contributed by atoms with Crippen molar-refractivity contribution in [2.75, 3.05) is 32.1 Å². The van der Waals surface area contributed by atoms with Gasteiger partial charge in [-0.3, -0.25) is 0 Å². The Morgan fingerprint density at radius 2 is 2.00 bits per heavy atom. The zero-order valence-electron chi connectivity index (χ0n) is 11.0. The van der Waals surface area contributed by atoms with E-state index in [0.717, 1.165) is 18.7 Å². The van der Waals surface area contributed by atoms with Crippen molar-refractivity contribution in [3.63, 3.8) is 0 Å². The van der Waals surface area contributed by atoms with Crippen molar-refractivity contribution in [3.05, 3.63) is 29.6 Å². The van der Waals surface area contributed by atoms with Crippen molar-refractivity contribution in [2.45, 2.75) is 24.2 Å². The quantitative estimate of drug-likeness (QED) is 0.790. The Hall–Kier alpha value is -0.610. The van der Waals surface area contributed by atoms with Gasteiger partial charge in [0.1, 0.15) is 5.82 Å². The van der Waals surface area contributed by atoms with Crippen molar-refractivity contribution in [1.29, 1.82) is 0 Å². The van der Waals surface area contributed by atoms with E-state index in [4.69, 9.17) is 0 Å². The summed E-state index contributed by atoms with van der Waals surface area (Å²) in [7, 11) is 4.28. The van der Waals surface area contributed by atoms with Crippen molar-refractivity contribution < 1.29 is 4.39 Å². The standard InChI is InChI=1S/C14H20BrFN2/c1-17(2)13-5-7-18(8-6-13)14-4-3-12(16)9-11(14)10-15/h3-4,9,13H,5-8,10H2,1-2H3. The molecule has 100 valence electrons. The van der Waals surface area contributed by atoms with Crippen LogP contribution in [0.3, 0.4) is 0 Å². The predicted octanol–water partition coefficient (Wildman–Crippen LogP) is 3.25. The van der Waals surface area contributed by atoms with E-state index in [1.807, 2.05) is 6.07 Å². The van der Waals surface area contributed by atoms with E-state index in [1.54, 1.807) is 12.1 Å². The minimum Gasteiger partial charge on any atom is -0.371 e. The molecule has 0 aliphatic carbocycles. The predicted molar refractivity (Wildman–Crippen MR) is 78.0 cm³/mol. The minimum atomic E-state index is -0.156. The van der Waals surface area contributed by atoms with Crippen LogP contribution in [0.5, 0.6) is 0 Å². The van der Waals surface area contributed by atoms with Crippen LogP contribution in [0.15, 0.2) is 18.2 Å². The maximum Gasteiger partial charge on any atom is 0.123 e. The summed E-state index contributed by atoms with van der Waals surface area (Å²) in [4.78, 5) is 4.67. The molecule has 18 heavy (non-hydrogen) atoms. The summed E-state index contributed by atoms with van der Waals surface area (Å²) < 4.78 is 13.2. The van der Waals surface area contributed by atoms with Gasteiger partial charge in [0, 0.05) is 30.1 Å². The van der Waals surface area contributed by atoms with Gasteiger partial charge in [0.25, 0.3) is 0 Å². The normalized spacial score (nSPS) is 17.5. The summed E-state index contributed by atoms with van der Waals surface area (Å²) >= 11 is 3.44. The molecule has 0 amide bonds. The number of halogens is 2. The van der Waals surface area contributed by atoms with E-state index < -0.39 is 0 Å². The number of nitrogens with zero attached hydrogens (tertiary/aromatic N) is 2. The lowest BCUT2D eigenvalue weighted by Gasteiger charge is -2.37. The molecule has 0 aromatic heterocycles. The van der Waals surface area contributed by atoms with Crippen LogP contribution in [0, 0.1) is 5.82 Å². The van der Waals surface area contributed by atoms with Crippen molar-refractivity contribution in [3.8, 4) is 0 Å². The molecule has 1 saturated heterocycles. The maximum atomic E-state index is 13.2. The smallest absolute Gasteiger partial charge is 0.123 e. The van der Waals surface area contributed by atoms with Gasteiger partial charge in [-0.05, 0) is 50.7 Å². The van der Waals surface area contributed by atoms with E-state index >= 15 is 0 Å². The summed E-state index contributed by atoms with van der Waals surface area (Å²) in [5, 5.41) is 0.702. The summed E-state index contributed by atoms with van der Waals surface area (Å²) in [6, 6.07) is 5.76. The molecule has 0 atom stereocenters. The highest BCUT2D eigenvalue weighted by Gasteiger charge is 2.22. The molecule has 1 heterocycles. The monoisotopic (exact) mass is 314 g/mol. The highest BCUT2D eigenvalue weighted by atomic mass is 79.9. The van der Waals surface area contributed by atoms with Crippen LogP contribution in [-0.4, -0.2) is 38.1 Å². The number of hydrogen-bond donors (Lipinski definition) is 0. The molecule has 0 N–H and O–H groups in total. The summed E-state index contributed by atoms with van der Waals surface area (Å²) in [5.41, 5.74) is 2.21. The van der Waals surface area contributed by atoms with Gasteiger partial charge >= 0.3 is 0 Å². The first kappa shape index (κ1) is 13.8. The SMILES string of the molecule is CN(C)C1CCN(c2ccc(F)cc2CBr)CC1. The Labute approximate surface area is 117 Å². The third-order valence-corrected chi connectivity index (χ3v) is 4.33. The fourth-order valence-electron chi connectivity index (χ4n) is 2.59. The van der Waals surface area contributed by atoms with Gasteiger partial charge in [0.15, 0.2) is 0 Å². The highest BCUT2D eigenvalue weighted by molar-refractivity contribution is 9.08. The van der Waals surface area contributed by atoms with Crippen LogP contribution in [0.25, 0.3) is 0 Å². The Balaban J connectivity index is 2.09. The fraction of sp³-hybridized carbons (Fsp3) is 0.571. The van der Waals surface area contributed by atoms with Gasteiger partial charge in [0.05, 0.1) is 0 Å². The van der Waals surface area contributed by atoms with Gasteiger partial charge < -0.3 is 9.80 Å². The molecule has 0 saturated carbocycles. The van der Waals surface area contributed by atoms with Gasteiger partial charge in [-0.25, -0.2) is 4.39 Å². The third kappa shape index (κ3) is 3.04.